The number of halogens is 2. The highest BCUT2D eigenvalue weighted by Crippen LogP contribution is 2.32. The Morgan fingerprint density at radius 2 is 2.15 bits per heavy atom. The molecule has 0 aliphatic heterocycles. The Kier molecular flexibility index (Phi) is 4.52. The maximum atomic E-state index is 12.3. The summed E-state index contributed by atoms with van der Waals surface area (Å²) in [7, 11) is -3.84. The maximum Gasteiger partial charge on any atom is 0.264 e. The van der Waals surface area contributed by atoms with Gasteiger partial charge in [-0.05, 0) is 34.5 Å². The van der Waals surface area contributed by atoms with E-state index >= 15 is 0 Å². The molecule has 0 amide bonds. The topological polar surface area (TPSA) is 98.0 Å². The molecule has 0 atom stereocenters. The zero-order valence-corrected chi connectivity index (χ0v) is 14.2. The first-order valence-electron chi connectivity index (χ1n) is 5.43. The summed E-state index contributed by atoms with van der Waals surface area (Å²) in [6.45, 7) is 1.91. The van der Waals surface area contributed by atoms with Gasteiger partial charge in [0.25, 0.3) is 10.0 Å². The molecule has 6 nitrogen and oxygen atoms in total. The lowest BCUT2D eigenvalue weighted by molar-refractivity contribution is 0.600. The van der Waals surface area contributed by atoms with Gasteiger partial charge in [0, 0.05) is 10.7 Å². The minimum absolute atomic E-state index is 0.0456. The number of rotatable bonds is 4. The third-order valence-electron chi connectivity index (χ3n) is 2.31. The summed E-state index contributed by atoms with van der Waals surface area (Å²) >= 11 is 10.2. The minimum Gasteiger partial charge on any atom is -0.398 e. The van der Waals surface area contributed by atoms with Gasteiger partial charge in [0.15, 0.2) is 0 Å². The predicted molar refractivity (Wildman–Crippen MR) is 83.7 cm³/mol. The summed E-state index contributed by atoms with van der Waals surface area (Å²) in [5, 5.41) is 8.80. The van der Waals surface area contributed by atoms with Gasteiger partial charge in [-0.15, -0.1) is 10.2 Å². The Hall–Kier alpha value is -0.900. The number of aryl methyl sites for hydroxylation is 1. The lowest BCUT2D eigenvalue weighted by Crippen LogP contribution is -2.14. The Morgan fingerprint density at radius 1 is 1.45 bits per heavy atom. The van der Waals surface area contributed by atoms with Crippen LogP contribution in [0.25, 0.3) is 0 Å². The maximum absolute atomic E-state index is 12.3. The lowest BCUT2D eigenvalue weighted by atomic mass is 10.3. The van der Waals surface area contributed by atoms with Gasteiger partial charge in [-0.3, -0.25) is 4.72 Å². The van der Waals surface area contributed by atoms with E-state index in [0.717, 1.165) is 5.01 Å². The molecule has 0 fully saturated rings. The Balaban J connectivity index is 2.40. The summed E-state index contributed by atoms with van der Waals surface area (Å²) in [5.74, 6) is 0. The SMILES string of the molecule is CCc1nnc(NS(=O)(=O)c2cc(Cl)cc(N)c2Br)s1. The highest BCUT2D eigenvalue weighted by molar-refractivity contribution is 9.10. The van der Waals surface area contributed by atoms with Crippen LogP contribution < -0.4 is 10.5 Å². The molecule has 3 N–H and O–H groups in total. The van der Waals surface area contributed by atoms with Gasteiger partial charge in [-0.25, -0.2) is 8.42 Å². The van der Waals surface area contributed by atoms with Gasteiger partial charge in [-0.2, -0.15) is 0 Å². The second-order valence-corrected chi connectivity index (χ2v) is 7.71. The van der Waals surface area contributed by atoms with Crippen LogP contribution in [0.4, 0.5) is 10.8 Å². The number of nitrogens with zero attached hydrogens (tertiary/aromatic N) is 2. The highest BCUT2D eigenvalue weighted by atomic mass is 79.9. The van der Waals surface area contributed by atoms with Crippen molar-refractivity contribution in [3.05, 3.63) is 26.6 Å². The molecule has 10 heteroatoms. The van der Waals surface area contributed by atoms with E-state index in [2.05, 4.69) is 30.8 Å². The smallest absolute Gasteiger partial charge is 0.264 e. The van der Waals surface area contributed by atoms with Crippen molar-refractivity contribution in [1.29, 1.82) is 0 Å². The van der Waals surface area contributed by atoms with Crippen molar-refractivity contribution in [3.63, 3.8) is 0 Å². The molecule has 0 unspecified atom stereocenters. The molecule has 2 aromatic rings. The summed E-state index contributed by atoms with van der Waals surface area (Å²) in [6.07, 6.45) is 0.688. The third-order valence-corrected chi connectivity index (χ3v) is 6.15. The molecular weight excluding hydrogens is 388 g/mol. The Bertz CT molecular complexity index is 748. The molecule has 20 heavy (non-hydrogen) atoms. The van der Waals surface area contributed by atoms with Crippen LogP contribution in [0, 0.1) is 0 Å². The molecule has 0 saturated heterocycles. The van der Waals surface area contributed by atoms with Gasteiger partial charge < -0.3 is 5.73 Å². The first-order chi connectivity index (χ1) is 9.33. The quantitative estimate of drug-likeness (QED) is 0.773. The molecule has 0 aliphatic rings. The van der Waals surface area contributed by atoms with Crippen LogP contribution in [-0.2, 0) is 16.4 Å². The normalized spacial score (nSPS) is 11.6. The zero-order valence-electron chi connectivity index (χ0n) is 10.2. The monoisotopic (exact) mass is 396 g/mol. The molecule has 0 radical (unpaired) electrons. The number of hydrogen-bond acceptors (Lipinski definition) is 6. The van der Waals surface area contributed by atoms with E-state index in [1.165, 1.54) is 23.5 Å². The average molecular weight is 398 g/mol. The molecular formula is C10H10BrClN4O2S2. The van der Waals surface area contributed by atoms with Crippen LogP contribution in [0.3, 0.4) is 0 Å². The number of sulfonamides is 1. The standard InChI is InChI=1S/C10H10BrClN4O2S2/c1-2-8-14-15-10(19-8)16-20(17,18)7-4-5(12)3-6(13)9(7)11/h3-4H,2,13H2,1H3,(H,15,16). The van der Waals surface area contributed by atoms with Crippen LogP contribution in [0.15, 0.2) is 21.5 Å². The number of nitrogen functional groups attached to an aromatic ring is 1. The number of nitrogens with two attached hydrogens (primary N) is 1. The summed E-state index contributed by atoms with van der Waals surface area (Å²) in [6, 6.07) is 2.77. The first-order valence-corrected chi connectivity index (χ1v) is 8.90. The number of anilines is 2. The molecule has 1 aromatic heterocycles. The summed E-state index contributed by atoms with van der Waals surface area (Å²) in [4.78, 5) is -0.0456. The van der Waals surface area contributed by atoms with E-state index in [-0.39, 0.29) is 25.2 Å². The number of hydrogen-bond donors (Lipinski definition) is 2. The van der Waals surface area contributed by atoms with Gasteiger partial charge >= 0.3 is 0 Å². The largest absolute Gasteiger partial charge is 0.398 e. The van der Waals surface area contributed by atoms with Crippen molar-refractivity contribution in [1.82, 2.24) is 10.2 Å². The molecule has 108 valence electrons. The van der Waals surface area contributed by atoms with E-state index in [0.29, 0.717) is 6.42 Å². The third kappa shape index (κ3) is 3.22. The minimum atomic E-state index is -3.84. The van der Waals surface area contributed by atoms with Gasteiger partial charge in [0.1, 0.15) is 9.90 Å². The van der Waals surface area contributed by atoms with Crippen LogP contribution in [0.1, 0.15) is 11.9 Å². The molecule has 0 bridgehead atoms. The Morgan fingerprint density at radius 3 is 2.75 bits per heavy atom. The van der Waals surface area contributed by atoms with Crippen molar-refractivity contribution >= 4 is 59.7 Å². The molecule has 0 spiro atoms. The van der Waals surface area contributed by atoms with Gasteiger partial charge in [-0.1, -0.05) is 29.9 Å². The van der Waals surface area contributed by atoms with Crippen molar-refractivity contribution in [2.24, 2.45) is 0 Å². The summed E-state index contributed by atoms with van der Waals surface area (Å²) in [5.41, 5.74) is 5.93. The second-order valence-electron chi connectivity index (χ2n) is 3.77. The van der Waals surface area contributed by atoms with Crippen molar-refractivity contribution < 1.29 is 8.42 Å². The van der Waals surface area contributed by atoms with E-state index in [1.807, 2.05) is 6.92 Å². The fraction of sp³-hybridized carbons (Fsp3) is 0.200. The number of aromatic nitrogens is 2. The highest BCUT2D eigenvalue weighted by Gasteiger charge is 2.22. The van der Waals surface area contributed by atoms with Crippen LogP contribution >= 0.6 is 38.9 Å². The lowest BCUT2D eigenvalue weighted by Gasteiger charge is -2.09. The number of benzene rings is 1. The van der Waals surface area contributed by atoms with Gasteiger partial charge in [0.2, 0.25) is 5.13 Å². The zero-order chi connectivity index (χ0) is 14.9. The number of nitrogens with one attached hydrogen (secondary N) is 1. The molecule has 0 saturated carbocycles. The van der Waals surface area contributed by atoms with E-state index in [9.17, 15) is 8.42 Å². The average Bonchev–Trinajstić information content (AvgIpc) is 2.80. The van der Waals surface area contributed by atoms with Crippen molar-refractivity contribution in [3.8, 4) is 0 Å². The predicted octanol–water partition coefficient (Wildman–Crippen LogP) is 2.90. The molecule has 1 aromatic carbocycles. The second kappa shape index (κ2) is 5.84. The van der Waals surface area contributed by atoms with E-state index in [1.54, 1.807) is 0 Å². The molecule has 0 aliphatic carbocycles. The van der Waals surface area contributed by atoms with Crippen molar-refractivity contribution in [2.75, 3.05) is 10.5 Å². The van der Waals surface area contributed by atoms with Crippen LogP contribution in [0.5, 0.6) is 0 Å². The van der Waals surface area contributed by atoms with Gasteiger partial charge in [0.05, 0.1) is 4.47 Å². The first kappa shape index (κ1) is 15.5. The Labute approximate surface area is 133 Å². The van der Waals surface area contributed by atoms with Crippen LogP contribution in [0.2, 0.25) is 5.02 Å². The fourth-order valence-corrected chi connectivity index (χ4v) is 4.59. The van der Waals surface area contributed by atoms with E-state index in [4.69, 9.17) is 17.3 Å². The molecule has 2 rings (SSSR count). The fourth-order valence-electron chi connectivity index (χ4n) is 1.39. The molecule has 1 heterocycles. The van der Waals surface area contributed by atoms with Crippen LogP contribution in [-0.4, -0.2) is 18.6 Å². The van der Waals surface area contributed by atoms with Crippen molar-refractivity contribution in [2.45, 2.75) is 18.2 Å². The summed E-state index contributed by atoms with van der Waals surface area (Å²) < 4.78 is 27.2. The van der Waals surface area contributed by atoms with E-state index < -0.39 is 10.0 Å².